The predicted molar refractivity (Wildman–Crippen MR) is 70.2 cm³/mol. The van der Waals surface area contributed by atoms with Gasteiger partial charge in [0.05, 0.1) is 11.5 Å². The number of hydrogen-bond donors (Lipinski definition) is 1. The molecule has 1 aliphatic rings. The summed E-state index contributed by atoms with van der Waals surface area (Å²) in [5.41, 5.74) is 0.383. The Labute approximate surface area is 119 Å². The summed E-state index contributed by atoms with van der Waals surface area (Å²) in [7, 11) is 0. The smallest absolute Gasteiger partial charge is 0.366 e. The van der Waals surface area contributed by atoms with Gasteiger partial charge in [-0.2, -0.15) is 13.2 Å². The molecule has 6 nitrogen and oxygen atoms in total. The first kappa shape index (κ1) is 15.5. The van der Waals surface area contributed by atoms with Crippen molar-refractivity contribution < 1.29 is 18.1 Å². The number of aromatic nitrogens is 1. The van der Waals surface area contributed by atoms with Gasteiger partial charge < -0.3 is 5.32 Å². The summed E-state index contributed by atoms with van der Waals surface area (Å²) in [6.45, 7) is 1.31. The Balaban J connectivity index is 1.94. The number of halogens is 3. The highest BCUT2D eigenvalue weighted by molar-refractivity contribution is 5.47. The number of rotatable bonds is 4. The van der Waals surface area contributed by atoms with Crippen molar-refractivity contribution in [2.24, 2.45) is 0 Å². The molecule has 1 unspecified atom stereocenters. The molecule has 21 heavy (non-hydrogen) atoms. The van der Waals surface area contributed by atoms with Crippen LogP contribution in [-0.4, -0.2) is 46.7 Å². The molecular formula is C12H15F3N4O2. The highest BCUT2D eigenvalue weighted by Gasteiger charge is 2.34. The van der Waals surface area contributed by atoms with Crippen molar-refractivity contribution in [1.82, 2.24) is 9.88 Å². The number of alkyl halides is 3. The van der Waals surface area contributed by atoms with Crippen LogP contribution in [0.2, 0.25) is 0 Å². The number of hydrogen-bond acceptors (Lipinski definition) is 5. The maximum atomic E-state index is 12.3. The van der Waals surface area contributed by atoms with Crippen molar-refractivity contribution in [2.75, 3.05) is 25.0 Å². The van der Waals surface area contributed by atoms with Gasteiger partial charge in [-0.3, -0.25) is 15.0 Å². The number of aryl methyl sites for hydroxylation is 1. The molecular weight excluding hydrogens is 289 g/mol. The Hall–Kier alpha value is -1.90. The van der Waals surface area contributed by atoms with Crippen LogP contribution in [0.25, 0.3) is 0 Å². The molecule has 0 aliphatic carbocycles. The molecule has 9 heteroatoms. The average molecular weight is 304 g/mol. The molecule has 1 aliphatic heterocycles. The van der Waals surface area contributed by atoms with E-state index in [0.29, 0.717) is 24.3 Å². The Bertz CT molecular complexity index is 536. The van der Waals surface area contributed by atoms with E-state index in [2.05, 4.69) is 10.3 Å². The third-order valence-corrected chi connectivity index (χ3v) is 3.31. The topological polar surface area (TPSA) is 71.3 Å². The molecule has 1 aromatic rings. The minimum atomic E-state index is -4.20. The molecule has 0 bridgehead atoms. The quantitative estimate of drug-likeness (QED) is 0.683. The van der Waals surface area contributed by atoms with Gasteiger partial charge in [0.1, 0.15) is 12.0 Å². The number of nitro groups is 1. The first-order valence-corrected chi connectivity index (χ1v) is 6.41. The summed E-state index contributed by atoms with van der Waals surface area (Å²) in [4.78, 5) is 15.4. The minimum absolute atomic E-state index is 0.0781. The number of nitrogens with one attached hydrogen (secondary N) is 1. The van der Waals surface area contributed by atoms with Gasteiger partial charge in [-0.15, -0.1) is 0 Å². The van der Waals surface area contributed by atoms with Crippen molar-refractivity contribution in [3.63, 3.8) is 0 Å². The van der Waals surface area contributed by atoms with E-state index in [4.69, 9.17) is 0 Å². The number of anilines is 1. The van der Waals surface area contributed by atoms with Crippen LogP contribution in [-0.2, 0) is 0 Å². The molecule has 2 rings (SSSR count). The summed E-state index contributed by atoms with van der Waals surface area (Å²) in [5.74, 6) is 0.442. The SMILES string of the molecule is Cc1cc(NC2CCN(CC(F)(F)F)C2)ncc1[N+](=O)[O-]. The molecule has 1 atom stereocenters. The van der Waals surface area contributed by atoms with E-state index >= 15 is 0 Å². The van der Waals surface area contributed by atoms with Crippen LogP contribution >= 0.6 is 0 Å². The standard InChI is InChI=1S/C12H15F3N4O2/c1-8-4-11(16-5-10(8)19(20)21)17-9-2-3-18(6-9)7-12(13,14)15/h4-5,9H,2-3,6-7H2,1H3,(H,16,17). The van der Waals surface area contributed by atoms with Gasteiger partial charge in [0.25, 0.3) is 5.69 Å². The van der Waals surface area contributed by atoms with Gasteiger partial charge >= 0.3 is 6.18 Å². The first-order chi connectivity index (χ1) is 9.74. The molecule has 0 amide bonds. The first-order valence-electron chi connectivity index (χ1n) is 6.41. The van der Waals surface area contributed by atoms with Crippen molar-refractivity contribution in [3.8, 4) is 0 Å². The fourth-order valence-electron chi connectivity index (χ4n) is 2.38. The molecule has 0 radical (unpaired) electrons. The maximum Gasteiger partial charge on any atom is 0.401 e. The molecule has 0 spiro atoms. The summed E-state index contributed by atoms with van der Waals surface area (Å²) in [6, 6.07) is 1.39. The highest BCUT2D eigenvalue weighted by atomic mass is 19.4. The Morgan fingerprint density at radius 2 is 2.29 bits per heavy atom. The normalized spacial score (nSPS) is 19.7. The van der Waals surface area contributed by atoms with Gasteiger partial charge in [0.15, 0.2) is 0 Å². The Morgan fingerprint density at radius 1 is 1.57 bits per heavy atom. The predicted octanol–water partition coefficient (Wildman–Crippen LogP) is 2.35. The average Bonchev–Trinajstić information content (AvgIpc) is 2.73. The van der Waals surface area contributed by atoms with E-state index in [-0.39, 0.29) is 18.3 Å². The van der Waals surface area contributed by atoms with Crippen LogP contribution in [0, 0.1) is 17.0 Å². The second kappa shape index (κ2) is 5.84. The van der Waals surface area contributed by atoms with Crippen LogP contribution < -0.4 is 5.32 Å². The minimum Gasteiger partial charge on any atom is -0.366 e. The Morgan fingerprint density at radius 3 is 2.86 bits per heavy atom. The summed E-state index contributed by atoms with van der Waals surface area (Å²) in [6.07, 6.45) is -2.47. The lowest BCUT2D eigenvalue weighted by atomic mass is 10.2. The Kier molecular flexibility index (Phi) is 4.31. The largest absolute Gasteiger partial charge is 0.401 e. The summed E-state index contributed by atoms with van der Waals surface area (Å²) < 4.78 is 36.9. The summed E-state index contributed by atoms with van der Waals surface area (Å²) in [5, 5.41) is 13.7. The van der Waals surface area contributed by atoms with E-state index in [9.17, 15) is 23.3 Å². The second-order valence-electron chi connectivity index (χ2n) is 5.09. The molecule has 0 aromatic carbocycles. The second-order valence-corrected chi connectivity index (χ2v) is 5.09. The van der Waals surface area contributed by atoms with Crippen LogP contribution in [0.5, 0.6) is 0 Å². The van der Waals surface area contributed by atoms with Crippen LogP contribution in [0.1, 0.15) is 12.0 Å². The monoisotopic (exact) mass is 304 g/mol. The molecule has 1 fully saturated rings. The van der Waals surface area contributed by atoms with Gasteiger partial charge in [-0.1, -0.05) is 0 Å². The summed E-state index contributed by atoms with van der Waals surface area (Å²) >= 11 is 0. The van der Waals surface area contributed by atoms with E-state index < -0.39 is 17.6 Å². The maximum absolute atomic E-state index is 12.3. The molecule has 116 valence electrons. The third kappa shape index (κ3) is 4.28. The van der Waals surface area contributed by atoms with Crippen LogP contribution in [0.3, 0.4) is 0 Å². The number of nitrogens with zero attached hydrogens (tertiary/aromatic N) is 3. The van der Waals surface area contributed by atoms with Crippen LogP contribution in [0.15, 0.2) is 12.3 Å². The van der Waals surface area contributed by atoms with Crippen molar-refractivity contribution >= 4 is 11.5 Å². The number of likely N-dealkylation sites (tertiary alicyclic amines) is 1. The molecule has 1 N–H and O–H groups in total. The van der Waals surface area contributed by atoms with Crippen molar-refractivity contribution in [3.05, 3.63) is 27.9 Å². The van der Waals surface area contributed by atoms with Crippen molar-refractivity contribution in [2.45, 2.75) is 25.6 Å². The number of pyridine rings is 1. The third-order valence-electron chi connectivity index (χ3n) is 3.31. The lowest BCUT2D eigenvalue weighted by Crippen LogP contribution is -2.34. The van der Waals surface area contributed by atoms with Crippen molar-refractivity contribution in [1.29, 1.82) is 0 Å². The van der Waals surface area contributed by atoms with E-state index in [1.165, 1.54) is 11.0 Å². The highest BCUT2D eigenvalue weighted by Crippen LogP contribution is 2.23. The van der Waals surface area contributed by atoms with E-state index in [1.54, 1.807) is 6.92 Å². The molecule has 1 saturated heterocycles. The zero-order valence-electron chi connectivity index (χ0n) is 11.4. The van der Waals surface area contributed by atoms with Gasteiger partial charge in [0, 0.05) is 24.7 Å². The van der Waals surface area contributed by atoms with Gasteiger partial charge in [0.2, 0.25) is 0 Å². The molecule has 0 saturated carbocycles. The zero-order valence-corrected chi connectivity index (χ0v) is 11.4. The van der Waals surface area contributed by atoms with Gasteiger partial charge in [-0.05, 0) is 19.4 Å². The fourth-order valence-corrected chi connectivity index (χ4v) is 2.38. The lowest BCUT2D eigenvalue weighted by Gasteiger charge is -2.18. The van der Waals surface area contributed by atoms with E-state index in [1.807, 2.05) is 0 Å². The molecule has 1 aromatic heterocycles. The zero-order chi connectivity index (χ0) is 15.6. The lowest BCUT2D eigenvalue weighted by molar-refractivity contribution is -0.385. The van der Waals surface area contributed by atoms with Crippen LogP contribution in [0.4, 0.5) is 24.7 Å². The molecule has 2 heterocycles. The van der Waals surface area contributed by atoms with E-state index in [0.717, 1.165) is 6.20 Å². The fraction of sp³-hybridized carbons (Fsp3) is 0.583. The van der Waals surface area contributed by atoms with Gasteiger partial charge in [-0.25, -0.2) is 4.98 Å².